The smallest absolute Gasteiger partial charge is 0.339 e. The second kappa shape index (κ2) is 11.0. The average molecular weight is 344 g/mol. The van der Waals surface area contributed by atoms with Crippen LogP contribution in [0, 0.1) is 0 Å². The number of para-hydroxylation sites is 1. The number of hydrogen-bond donors (Lipinski definition) is 0. The predicted octanol–water partition coefficient (Wildman–Crippen LogP) is 3.35. The maximum Gasteiger partial charge on any atom is 0.339 e. The number of nitrogens with zero attached hydrogens (tertiary/aromatic N) is 1. The number of ether oxygens (including phenoxy) is 2. The molecule has 1 radical (unpaired) electrons. The highest BCUT2D eigenvalue weighted by molar-refractivity contribution is 6.33. The minimum absolute atomic E-state index is 0.378. The number of fused-ring (bicyclic) bond motifs is 1. The van der Waals surface area contributed by atoms with Crippen molar-refractivity contribution in [2.75, 3.05) is 33.4 Å². The topological polar surface area (TPSA) is 51.9 Å². The van der Waals surface area contributed by atoms with Crippen LogP contribution in [-0.2, 0) is 4.74 Å². The third-order valence-electron chi connectivity index (χ3n) is 3.86. The van der Waals surface area contributed by atoms with Crippen molar-refractivity contribution in [3.63, 3.8) is 0 Å². The van der Waals surface area contributed by atoms with E-state index in [1.807, 2.05) is 32.1 Å². The summed E-state index contributed by atoms with van der Waals surface area (Å²) in [4.78, 5) is 13.7. The Morgan fingerprint density at radius 3 is 2.68 bits per heavy atom. The lowest BCUT2D eigenvalue weighted by Crippen LogP contribution is -2.25. The zero-order valence-electron chi connectivity index (χ0n) is 15.2. The molecule has 0 fully saturated rings. The van der Waals surface area contributed by atoms with Crippen molar-refractivity contribution in [1.82, 2.24) is 4.90 Å². The molecule has 0 aliphatic heterocycles. The summed E-state index contributed by atoms with van der Waals surface area (Å²) in [5, 5.41) is 0.837. The Bertz CT molecular complexity index is 688. The number of unbranched alkanes of at least 4 members (excludes halogenated alkanes) is 3. The first kappa shape index (κ1) is 19.5. The number of rotatable bonds is 12. The Balaban J connectivity index is 1.60. The highest BCUT2D eigenvalue weighted by Crippen LogP contribution is 2.23. The lowest BCUT2D eigenvalue weighted by molar-refractivity contribution is 0.0495. The minimum Gasteiger partial charge on any atom is -0.493 e. The molecule has 1 aromatic carbocycles. The van der Waals surface area contributed by atoms with E-state index >= 15 is 0 Å². The van der Waals surface area contributed by atoms with E-state index < -0.39 is 0 Å². The van der Waals surface area contributed by atoms with Crippen molar-refractivity contribution in [1.29, 1.82) is 0 Å². The maximum atomic E-state index is 11.6. The van der Waals surface area contributed by atoms with Crippen molar-refractivity contribution < 1.29 is 13.9 Å². The predicted molar refractivity (Wildman–Crippen MR) is 102 cm³/mol. The molecule has 0 unspecified atom stereocenters. The van der Waals surface area contributed by atoms with Gasteiger partial charge < -0.3 is 13.9 Å². The zero-order valence-corrected chi connectivity index (χ0v) is 15.2. The third kappa shape index (κ3) is 6.92. The summed E-state index contributed by atoms with van der Waals surface area (Å²) in [6.07, 6.45) is 5.16. The molecule has 2 aromatic rings. The zero-order chi connectivity index (χ0) is 17.9. The van der Waals surface area contributed by atoms with Crippen LogP contribution in [-0.4, -0.2) is 45.6 Å². The molecule has 0 spiro atoms. The van der Waals surface area contributed by atoms with Gasteiger partial charge in [-0.1, -0.05) is 25.4 Å². The van der Waals surface area contributed by atoms with Gasteiger partial charge in [0, 0.05) is 6.61 Å². The molecule has 0 bridgehead atoms. The molecule has 0 aliphatic carbocycles. The van der Waals surface area contributed by atoms with Crippen molar-refractivity contribution in [2.24, 2.45) is 0 Å². The van der Waals surface area contributed by atoms with Crippen LogP contribution < -0.4 is 10.4 Å². The van der Waals surface area contributed by atoms with Crippen LogP contribution in [0.4, 0.5) is 0 Å². The summed E-state index contributed by atoms with van der Waals surface area (Å²) in [7, 11) is 4.16. The van der Waals surface area contributed by atoms with Crippen molar-refractivity contribution in [3.05, 3.63) is 40.8 Å². The highest BCUT2D eigenvalue weighted by atomic mass is 16.5. The Morgan fingerprint density at radius 1 is 1.12 bits per heavy atom. The van der Waals surface area contributed by atoms with Gasteiger partial charge in [0.25, 0.3) is 0 Å². The number of benzene rings is 1. The van der Waals surface area contributed by atoms with Gasteiger partial charge in [-0.2, -0.15) is 0 Å². The van der Waals surface area contributed by atoms with Gasteiger partial charge in [-0.05, 0) is 44.9 Å². The fourth-order valence-electron chi connectivity index (χ4n) is 2.63. The van der Waals surface area contributed by atoms with Gasteiger partial charge in [0.1, 0.15) is 18.6 Å². The third-order valence-corrected chi connectivity index (χ3v) is 3.86. The molecule has 6 heteroatoms. The standard InChI is InChI=1S/C19H27BNO4/c1-20-14-21(2)15-23-11-7-3-4-8-12-24-18-13-19(22)25-17-10-6-5-9-16(17)18/h5-6,9-10,13H,3-4,7-8,11-12,14-15H2,1-2H3. The van der Waals surface area contributed by atoms with Crippen LogP contribution >= 0.6 is 0 Å². The minimum atomic E-state index is -0.378. The second-order valence-corrected chi connectivity index (χ2v) is 6.17. The molecule has 25 heavy (non-hydrogen) atoms. The molecule has 0 N–H and O–H groups in total. The van der Waals surface area contributed by atoms with E-state index in [0.717, 1.165) is 44.1 Å². The SMILES string of the molecule is C[B]CN(C)COCCCCCCOc1cc(=O)oc2ccccc12. The van der Waals surface area contributed by atoms with Crippen molar-refractivity contribution >= 4 is 18.2 Å². The molecule has 2 rings (SSSR count). The Kier molecular flexibility index (Phi) is 8.56. The average Bonchev–Trinajstić information content (AvgIpc) is 2.60. The van der Waals surface area contributed by atoms with E-state index in [1.54, 1.807) is 6.07 Å². The normalized spacial score (nSPS) is 11.2. The largest absolute Gasteiger partial charge is 0.493 e. The van der Waals surface area contributed by atoms with Gasteiger partial charge in [0.15, 0.2) is 0 Å². The lowest BCUT2D eigenvalue weighted by Gasteiger charge is -2.15. The Hall–Kier alpha value is -1.79. The second-order valence-electron chi connectivity index (χ2n) is 6.17. The van der Waals surface area contributed by atoms with E-state index in [1.165, 1.54) is 6.07 Å². The van der Waals surface area contributed by atoms with Crippen LogP contribution in [0.5, 0.6) is 5.75 Å². The summed E-state index contributed by atoms with van der Waals surface area (Å²) in [5.74, 6) is 0.603. The van der Waals surface area contributed by atoms with Gasteiger partial charge in [0.2, 0.25) is 0 Å². The summed E-state index contributed by atoms with van der Waals surface area (Å²) in [5.41, 5.74) is 0.185. The first-order valence-corrected chi connectivity index (χ1v) is 8.90. The van der Waals surface area contributed by atoms with E-state index in [0.29, 0.717) is 24.7 Å². The molecule has 135 valence electrons. The molecule has 0 atom stereocenters. The van der Waals surface area contributed by atoms with Gasteiger partial charge in [-0.3, -0.25) is 4.90 Å². The van der Waals surface area contributed by atoms with Gasteiger partial charge in [-0.25, -0.2) is 4.79 Å². The van der Waals surface area contributed by atoms with Crippen molar-refractivity contribution in [3.8, 4) is 5.75 Å². The molecule has 0 amide bonds. The van der Waals surface area contributed by atoms with Crippen LogP contribution in [0.15, 0.2) is 39.5 Å². The van der Waals surface area contributed by atoms with Gasteiger partial charge in [-0.15, -0.1) is 0 Å². The van der Waals surface area contributed by atoms with E-state index in [2.05, 4.69) is 12.2 Å². The summed E-state index contributed by atoms with van der Waals surface area (Å²) >= 11 is 0. The summed E-state index contributed by atoms with van der Waals surface area (Å²) in [6, 6.07) is 8.85. The molecule has 0 aliphatic rings. The highest BCUT2D eigenvalue weighted by Gasteiger charge is 2.05. The van der Waals surface area contributed by atoms with Crippen LogP contribution in [0.2, 0.25) is 6.82 Å². The fraction of sp³-hybridized carbons (Fsp3) is 0.526. The molecule has 0 saturated heterocycles. The van der Waals surface area contributed by atoms with Gasteiger partial charge >= 0.3 is 5.63 Å². The quantitative estimate of drug-likeness (QED) is 0.256. The number of hydrogen-bond acceptors (Lipinski definition) is 5. The summed E-state index contributed by atoms with van der Waals surface area (Å²) < 4.78 is 16.6. The van der Waals surface area contributed by atoms with Crippen LogP contribution in [0.3, 0.4) is 0 Å². The van der Waals surface area contributed by atoms with Crippen molar-refractivity contribution in [2.45, 2.75) is 32.5 Å². The lowest BCUT2D eigenvalue weighted by atomic mass is 9.82. The molecular formula is C19H27BNO4. The van der Waals surface area contributed by atoms with E-state index in [9.17, 15) is 4.79 Å². The monoisotopic (exact) mass is 344 g/mol. The Morgan fingerprint density at radius 2 is 1.88 bits per heavy atom. The maximum absolute atomic E-state index is 11.6. The van der Waals surface area contributed by atoms with E-state index in [4.69, 9.17) is 13.9 Å². The molecule has 1 heterocycles. The van der Waals surface area contributed by atoms with Crippen LogP contribution in [0.1, 0.15) is 25.7 Å². The molecule has 5 nitrogen and oxygen atoms in total. The Labute approximate surface area is 150 Å². The summed E-state index contributed by atoms with van der Waals surface area (Å²) in [6.45, 7) is 4.11. The molecule has 0 saturated carbocycles. The molecular weight excluding hydrogens is 317 g/mol. The van der Waals surface area contributed by atoms with E-state index in [-0.39, 0.29) is 5.63 Å². The molecule has 1 aromatic heterocycles. The first-order valence-electron chi connectivity index (χ1n) is 8.90. The van der Waals surface area contributed by atoms with Gasteiger partial charge in [0.05, 0.1) is 24.8 Å². The van der Waals surface area contributed by atoms with Crippen LogP contribution in [0.25, 0.3) is 11.0 Å². The fourth-order valence-corrected chi connectivity index (χ4v) is 2.63. The first-order chi connectivity index (χ1) is 12.2.